The van der Waals surface area contributed by atoms with Crippen molar-refractivity contribution in [3.63, 3.8) is 0 Å². The zero-order chi connectivity index (χ0) is 25.0. The number of rotatable bonds is 7. The lowest BCUT2D eigenvalue weighted by Crippen LogP contribution is -2.19. The summed E-state index contributed by atoms with van der Waals surface area (Å²) in [6.45, 7) is 4.25. The zero-order valence-electron chi connectivity index (χ0n) is 19.3. The van der Waals surface area contributed by atoms with Crippen LogP contribution in [0.3, 0.4) is 0 Å². The van der Waals surface area contributed by atoms with Crippen LogP contribution in [0.1, 0.15) is 13.8 Å². The van der Waals surface area contributed by atoms with Crippen LogP contribution < -0.4 is 16.4 Å². The van der Waals surface area contributed by atoms with Gasteiger partial charge in [-0.15, -0.1) is 0 Å². The maximum absolute atomic E-state index is 12.6. The van der Waals surface area contributed by atoms with Crippen LogP contribution in [0.25, 0.3) is 22.5 Å². The number of hydrogen-bond donors (Lipinski definition) is 3. The summed E-state index contributed by atoms with van der Waals surface area (Å²) in [6, 6.07) is 14.7. The van der Waals surface area contributed by atoms with E-state index in [4.69, 9.17) is 5.73 Å². The van der Waals surface area contributed by atoms with E-state index < -0.39 is 15.9 Å². The van der Waals surface area contributed by atoms with Crippen molar-refractivity contribution in [3.8, 4) is 22.5 Å². The fraction of sp³-hybridized carbons (Fsp3) is 0.167. The Morgan fingerprint density at radius 2 is 1.77 bits per heavy atom. The average Bonchev–Trinajstić information content (AvgIpc) is 3.29. The van der Waals surface area contributed by atoms with Crippen molar-refractivity contribution in [1.29, 1.82) is 0 Å². The second-order valence-electron chi connectivity index (χ2n) is 7.63. The number of hydrogen-bond acceptors (Lipinski definition) is 7. The van der Waals surface area contributed by atoms with Gasteiger partial charge in [-0.25, -0.2) is 23.2 Å². The Kier molecular flexibility index (Phi) is 6.78. The molecular weight excluding hydrogens is 466 g/mol. The van der Waals surface area contributed by atoms with E-state index in [1.165, 1.54) is 12.1 Å². The van der Waals surface area contributed by atoms with Crippen LogP contribution in [0.5, 0.6) is 0 Å². The summed E-state index contributed by atoms with van der Waals surface area (Å²) in [4.78, 5) is 21.0. The first-order valence-electron chi connectivity index (χ1n) is 11.0. The molecule has 4 N–H and O–H groups in total. The van der Waals surface area contributed by atoms with E-state index in [2.05, 4.69) is 25.7 Å². The number of nitrogens with zero attached hydrogens (tertiary/aromatic N) is 4. The molecule has 2 aromatic heterocycles. The third-order valence-electron chi connectivity index (χ3n) is 5.29. The molecule has 0 saturated heterocycles. The Morgan fingerprint density at radius 1 is 1.03 bits per heavy atom. The lowest BCUT2D eigenvalue weighted by Gasteiger charge is -2.10. The minimum absolute atomic E-state index is 0.0140. The number of nitrogens with one attached hydrogen (secondary N) is 2. The number of benzene rings is 2. The number of sulfone groups is 1. The molecule has 0 saturated carbocycles. The van der Waals surface area contributed by atoms with Gasteiger partial charge in [-0.2, -0.15) is 5.10 Å². The predicted octanol–water partition coefficient (Wildman–Crippen LogP) is 4.05. The van der Waals surface area contributed by atoms with E-state index in [-0.39, 0.29) is 16.6 Å². The van der Waals surface area contributed by atoms with Gasteiger partial charge in [-0.05, 0) is 55.0 Å². The van der Waals surface area contributed by atoms with Crippen molar-refractivity contribution in [1.82, 2.24) is 19.7 Å². The molecule has 0 aliphatic heterocycles. The molecule has 2 amide bonds. The van der Waals surface area contributed by atoms with Crippen molar-refractivity contribution >= 4 is 33.2 Å². The normalized spacial score (nSPS) is 11.3. The maximum atomic E-state index is 12.6. The third-order valence-corrected chi connectivity index (χ3v) is 7.04. The van der Waals surface area contributed by atoms with Gasteiger partial charge in [0.25, 0.3) is 0 Å². The van der Waals surface area contributed by atoms with Gasteiger partial charge in [-0.3, -0.25) is 4.68 Å². The first-order valence-corrected chi connectivity index (χ1v) is 12.6. The molecule has 0 atom stereocenters. The number of aryl methyl sites for hydroxylation is 1. The number of aromatic nitrogens is 4. The summed E-state index contributed by atoms with van der Waals surface area (Å²) in [5, 5.41) is 10.1. The first kappa shape index (κ1) is 23.9. The van der Waals surface area contributed by atoms with Crippen LogP contribution in [0.4, 0.5) is 22.1 Å². The van der Waals surface area contributed by atoms with E-state index in [0.717, 1.165) is 11.1 Å². The number of nitrogens with two attached hydrogens (primary N) is 1. The van der Waals surface area contributed by atoms with Crippen molar-refractivity contribution in [2.24, 2.45) is 0 Å². The van der Waals surface area contributed by atoms with Crippen LogP contribution >= 0.6 is 0 Å². The summed E-state index contributed by atoms with van der Waals surface area (Å²) in [5.41, 5.74) is 9.74. The molecule has 2 aromatic carbocycles. The number of anilines is 3. The second kappa shape index (κ2) is 9.94. The monoisotopic (exact) mass is 491 g/mol. The molecule has 0 radical (unpaired) electrons. The SMILES string of the molecule is CCn1cc(-c2cccc(NC(=O)Nc3ccc(S(=O)(=O)CC)cc3)c2)c(-c2ccnc(N)n2)n1. The molecule has 0 spiro atoms. The van der Waals surface area contributed by atoms with Gasteiger partial charge in [0.15, 0.2) is 9.84 Å². The molecule has 0 aliphatic rings. The van der Waals surface area contributed by atoms with Gasteiger partial charge in [0.05, 0.1) is 16.3 Å². The zero-order valence-corrected chi connectivity index (χ0v) is 20.1. The number of urea groups is 1. The Bertz CT molecular complexity index is 1460. The molecule has 4 aromatic rings. The molecule has 180 valence electrons. The molecule has 0 bridgehead atoms. The molecule has 4 rings (SSSR count). The first-order chi connectivity index (χ1) is 16.8. The summed E-state index contributed by atoms with van der Waals surface area (Å²) in [7, 11) is -3.30. The highest BCUT2D eigenvalue weighted by Gasteiger charge is 2.16. The maximum Gasteiger partial charge on any atom is 0.323 e. The van der Waals surface area contributed by atoms with Gasteiger partial charge < -0.3 is 16.4 Å². The lowest BCUT2D eigenvalue weighted by atomic mass is 10.0. The third kappa shape index (κ3) is 5.46. The quantitative estimate of drug-likeness (QED) is 0.354. The van der Waals surface area contributed by atoms with E-state index in [1.54, 1.807) is 42.1 Å². The molecule has 11 heteroatoms. The Labute approximate surface area is 203 Å². The number of carbonyl (C=O) groups is 1. The van der Waals surface area contributed by atoms with E-state index in [1.807, 2.05) is 31.3 Å². The summed E-state index contributed by atoms with van der Waals surface area (Å²) in [6.07, 6.45) is 3.50. The summed E-state index contributed by atoms with van der Waals surface area (Å²) >= 11 is 0. The van der Waals surface area contributed by atoms with Crippen LogP contribution in [0.2, 0.25) is 0 Å². The Morgan fingerprint density at radius 3 is 2.46 bits per heavy atom. The second-order valence-corrected chi connectivity index (χ2v) is 9.91. The number of nitrogen functional groups attached to an aromatic ring is 1. The predicted molar refractivity (Wildman–Crippen MR) is 136 cm³/mol. The van der Waals surface area contributed by atoms with Gasteiger partial charge in [-0.1, -0.05) is 19.1 Å². The summed E-state index contributed by atoms with van der Waals surface area (Å²) < 4.78 is 25.7. The van der Waals surface area contributed by atoms with E-state index in [0.29, 0.717) is 29.3 Å². The fourth-order valence-electron chi connectivity index (χ4n) is 3.46. The largest absolute Gasteiger partial charge is 0.368 e. The average molecular weight is 492 g/mol. The highest BCUT2D eigenvalue weighted by atomic mass is 32.2. The molecular formula is C24H25N7O3S. The smallest absolute Gasteiger partial charge is 0.323 e. The molecule has 10 nitrogen and oxygen atoms in total. The fourth-order valence-corrected chi connectivity index (χ4v) is 4.34. The minimum Gasteiger partial charge on any atom is -0.368 e. The molecule has 0 aliphatic carbocycles. The number of carbonyl (C=O) groups excluding carboxylic acids is 1. The van der Waals surface area contributed by atoms with Crippen molar-refractivity contribution in [3.05, 3.63) is 67.0 Å². The van der Waals surface area contributed by atoms with Gasteiger partial charge in [0.1, 0.15) is 5.69 Å². The van der Waals surface area contributed by atoms with Gasteiger partial charge >= 0.3 is 6.03 Å². The highest BCUT2D eigenvalue weighted by Crippen LogP contribution is 2.31. The van der Waals surface area contributed by atoms with Gasteiger partial charge in [0.2, 0.25) is 5.95 Å². The highest BCUT2D eigenvalue weighted by molar-refractivity contribution is 7.91. The number of amides is 2. The molecule has 0 unspecified atom stereocenters. The van der Waals surface area contributed by atoms with Crippen LogP contribution in [0.15, 0.2) is 71.9 Å². The van der Waals surface area contributed by atoms with Crippen molar-refractivity contribution in [2.75, 3.05) is 22.1 Å². The topological polar surface area (TPSA) is 145 Å². The van der Waals surface area contributed by atoms with Crippen LogP contribution in [0, 0.1) is 0 Å². The standard InChI is InChI=1S/C24H25N7O3S/c1-3-31-15-20(22(30-31)21-12-13-26-23(25)29-21)16-6-5-7-18(14-16)28-24(32)27-17-8-10-19(11-9-17)35(33,34)4-2/h5-15H,3-4H2,1-2H3,(H2,25,26,29)(H2,27,28,32). The molecule has 35 heavy (non-hydrogen) atoms. The van der Waals surface area contributed by atoms with Crippen LogP contribution in [-0.2, 0) is 16.4 Å². The molecule has 2 heterocycles. The Hall–Kier alpha value is -4.25. The summed E-state index contributed by atoms with van der Waals surface area (Å²) in [5.74, 6) is 0.173. The Balaban J connectivity index is 1.54. The van der Waals surface area contributed by atoms with Crippen molar-refractivity contribution < 1.29 is 13.2 Å². The van der Waals surface area contributed by atoms with E-state index >= 15 is 0 Å². The molecule has 0 fully saturated rings. The van der Waals surface area contributed by atoms with Gasteiger partial charge in [0, 0.05) is 35.9 Å². The lowest BCUT2D eigenvalue weighted by molar-refractivity contribution is 0.262. The minimum atomic E-state index is -3.30. The van der Waals surface area contributed by atoms with E-state index in [9.17, 15) is 13.2 Å². The van der Waals surface area contributed by atoms with Crippen molar-refractivity contribution in [2.45, 2.75) is 25.3 Å². The van der Waals surface area contributed by atoms with Crippen LogP contribution in [-0.4, -0.2) is 40.0 Å².